The van der Waals surface area contributed by atoms with Crippen LogP contribution in [0, 0.1) is 6.92 Å². The molecule has 0 atom stereocenters. The van der Waals surface area contributed by atoms with Crippen molar-refractivity contribution in [1.82, 2.24) is 19.8 Å². The Labute approximate surface area is 165 Å². The number of anilines is 2. The van der Waals surface area contributed by atoms with Gasteiger partial charge in [-0.3, -0.25) is 0 Å². The molecule has 1 aliphatic rings. The van der Waals surface area contributed by atoms with E-state index in [1.54, 1.807) is 22.7 Å². The molecule has 0 saturated heterocycles. The molecule has 2 aromatic heterocycles. The van der Waals surface area contributed by atoms with Gasteiger partial charge in [0.05, 0.1) is 5.69 Å². The smallest absolute Gasteiger partial charge is 0.323 e. The molecule has 0 radical (unpaired) electrons. The summed E-state index contributed by atoms with van der Waals surface area (Å²) in [6.45, 7) is 2.03. The maximum absolute atomic E-state index is 12.4. The fourth-order valence-corrected chi connectivity index (χ4v) is 3.07. The largest absolute Gasteiger partial charge is 0.454 e. The summed E-state index contributed by atoms with van der Waals surface area (Å²) in [4.78, 5) is 12.4. The Hall–Kier alpha value is -4.14. The minimum atomic E-state index is -0.362. The molecule has 144 valence electrons. The van der Waals surface area contributed by atoms with Crippen molar-refractivity contribution in [2.75, 3.05) is 17.4 Å². The van der Waals surface area contributed by atoms with Crippen LogP contribution in [0.4, 0.5) is 16.2 Å². The second kappa shape index (κ2) is 6.79. The molecule has 2 amide bonds. The van der Waals surface area contributed by atoms with E-state index in [1.165, 1.54) is 0 Å². The summed E-state index contributed by atoms with van der Waals surface area (Å²) >= 11 is 0. The number of ether oxygens (including phenoxy) is 2. The molecule has 3 heterocycles. The zero-order chi connectivity index (χ0) is 19.8. The molecular weight excluding hydrogens is 372 g/mol. The van der Waals surface area contributed by atoms with Gasteiger partial charge in [-0.05, 0) is 43.3 Å². The van der Waals surface area contributed by atoms with Crippen LogP contribution in [0.5, 0.6) is 11.5 Å². The first-order valence-electron chi connectivity index (χ1n) is 8.93. The van der Waals surface area contributed by atoms with Crippen LogP contribution in [0.1, 0.15) is 5.82 Å². The number of hydrogen-bond donors (Lipinski definition) is 2. The SMILES string of the molecule is Cc1nnc2ccc(-c3cccc(NC(=O)Nc4ccc5c(c4)OCO5)c3)nn12. The molecule has 0 saturated carbocycles. The van der Waals surface area contributed by atoms with Gasteiger partial charge in [-0.2, -0.15) is 9.61 Å². The van der Waals surface area contributed by atoms with E-state index in [1.807, 2.05) is 43.3 Å². The van der Waals surface area contributed by atoms with Crippen molar-refractivity contribution in [2.24, 2.45) is 0 Å². The molecule has 4 aromatic rings. The van der Waals surface area contributed by atoms with Crippen LogP contribution < -0.4 is 20.1 Å². The minimum absolute atomic E-state index is 0.187. The van der Waals surface area contributed by atoms with Crippen molar-refractivity contribution in [3.05, 3.63) is 60.4 Å². The predicted octanol–water partition coefficient (Wildman–Crippen LogP) is 3.47. The van der Waals surface area contributed by atoms with Gasteiger partial charge < -0.3 is 20.1 Å². The number of nitrogens with one attached hydrogen (secondary N) is 2. The van der Waals surface area contributed by atoms with Crippen LogP contribution in [0.15, 0.2) is 54.6 Å². The summed E-state index contributed by atoms with van der Waals surface area (Å²) in [6.07, 6.45) is 0. The van der Waals surface area contributed by atoms with Gasteiger partial charge in [0.1, 0.15) is 0 Å². The molecule has 2 N–H and O–H groups in total. The van der Waals surface area contributed by atoms with Gasteiger partial charge in [0.15, 0.2) is 23.0 Å². The first kappa shape index (κ1) is 17.0. The number of carbonyl (C=O) groups is 1. The molecule has 9 heteroatoms. The summed E-state index contributed by atoms with van der Waals surface area (Å²) in [5.74, 6) is 1.98. The van der Waals surface area contributed by atoms with Gasteiger partial charge in [-0.25, -0.2) is 4.79 Å². The second-order valence-electron chi connectivity index (χ2n) is 6.46. The number of carbonyl (C=O) groups excluding carboxylic acids is 1. The average Bonchev–Trinajstić information content (AvgIpc) is 3.34. The maximum Gasteiger partial charge on any atom is 0.323 e. The molecule has 0 unspecified atom stereocenters. The third kappa shape index (κ3) is 3.29. The summed E-state index contributed by atoms with van der Waals surface area (Å²) in [5, 5.41) is 18.2. The number of hydrogen-bond acceptors (Lipinski definition) is 6. The highest BCUT2D eigenvalue weighted by Crippen LogP contribution is 2.34. The highest BCUT2D eigenvalue weighted by molar-refractivity contribution is 6.00. The molecule has 9 nitrogen and oxygen atoms in total. The first-order valence-corrected chi connectivity index (χ1v) is 8.93. The summed E-state index contributed by atoms with van der Waals surface area (Å²) in [6, 6.07) is 16.0. The van der Waals surface area contributed by atoms with Crippen molar-refractivity contribution < 1.29 is 14.3 Å². The van der Waals surface area contributed by atoms with E-state index in [9.17, 15) is 4.79 Å². The van der Waals surface area contributed by atoms with Crippen LogP contribution in [0.3, 0.4) is 0 Å². The molecular formula is C20H16N6O3. The Morgan fingerprint density at radius 1 is 0.966 bits per heavy atom. The van der Waals surface area contributed by atoms with Crippen molar-refractivity contribution in [1.29, 1.82) is 0 Å². The lowest BCUT2D eigenvalue weighted by atomic mass is 10.1. The van der Waals surface area contributed by atoms with E-state index in [-0.39, 0.29) is 12.8 Å². The fourth-order valence-electron chi connectivity index (χ4n) is 3.07. The van der Waals surface area contributed by atoms with Crippen molar-refractivity contribution in [3.63, 3.8) is 0 Å². The summed E-state index contributed by atoms with van der Waals surface area (Å²) in [5.41, 5.74) is 3.55. The third-order valence-electron chi connectivity index (χ3n) is 4.47. The van der Waals surface area contributed by atoms with Crippen molar-refractivity contribution >= 4 is 23.1 Å². The van der Waals surface area contributed by atoms with Crippen LogP contribution in [-0.2, 0) is 0 Å². The average molecular weight is 388 g/mol. The predicted molar refractivity (Wildman–Crippen MR) is 106 cm³/mol. The monoisotopic (exact) mass is 388 g/mol. The van der Waals surface area contributed by atoms with Gasteiger partial charge >= 0.3 is 6.03 Å². The molecule has 0 bridgehead atoms. The fraction of sp³-hybridized carbons (Fsp3) is 0.100. The molecule has 29 heavy (non-hydrogen) atoms. The van der Waals surface area contributed by atoms with Crippen LogP contribution in [0.25, 0.3) is 16.9 Å². The first-order chi connectivity index (χ1) is 14.2. The summed E-state index contributed by atoms with van der Waals surface area (Å²) < 4.78 is 12.3. The Balaban J connectivity index is 1.34. The van der Waals surface area contributed by atoms with Gasteiger partial charge in [0, 0.05) is 23.0 Å². The Morgan fingerprint density at radius 2 is 1.79 bits per heavy atom. The van der Waals surface area contributed by atoms with Gasteiger partial charge in [0.25, 0.3) is 0 Å². The number of rotatable bonds is 3. The highest BCUT2D eigenvalue weighted by Gasteiger charge is 2.14. The highest BCUT2D eigenvalue weighted by atomic mass is 16.7. The van der Waals surface area contributed by atoms with E-state index >= 15 is 0 Å². The van der Waals surface area contributed by atoms with E-state index in [4.69, 9.17) is 9.47 Å². The number of amides is 2. The standard InChI is InChI=1S/C20H16N6O3/c1-12-23-24-19-8-6-16(25-26(12)19)13-3-2-4-14(9-13)21-20(27)22-15-5-7-17-18(10-15)29-11-28-17/h2-10H,11H2,1H3,(H2,21,22,27). The van der Waals surface area contributed by atoms with Crippen LogP contribution >= 0.6 is 0 Å². The Kier molecular flexibility index (Phi) is 3.98. The van der Waals surface area contributed by atoms with Gasteiger partial charge in [-0.15, -0.1) is 10.2 Å². The normalized spacial score (nSPS) is 12.2. The number of fused-ring (bicyclic) bond motifs is 2. The van der Waals surface area contributed by atoms with E-state index in [0.29, 0.717) is 34.3 Å². The molecule has 2 aromatic carbocycles. The zero-order valence-electron chi connectivity index (χ0n) is 15.4. The second-order valence-corrected chi connectivity index (χ2v) is 6.46. The van der Waals surface area contributed by atoms with Gasteiger partial charge in [-0.1, -0.05) is 12.1 Å². The molecule has 0 fully saturated rings. The molecule has 0 aliphatic carbocycles. The number of benzene rings is 2. The zero-order valence-corrected chi connectivity index (χ0v) is 15.4. The van der Waals surface area contributed by atoms with E-state index < -0.39 is 0 Å². The van der Waals surface area contributed by atoms with Crippen LogP contribution in [0.2, 0.25) is 0 Å². The number of urea groups is 1. The Bertz CT molecular complexity index is 1240. The van der Waals surface area contributed by atoms with Crippen molar-refractivity contribution in [3.8, 4) is 22.8 Å². The topological polar surface area (TPSA) is 103 Å². The van der Waals surface area contributed by atoms with E-state index in [2.05, 4.69) is 25.9 Å². The number of aromatic nitrogens is 4. The molecule has 1 aliphatic heterocycles. The molecule has 5 rings (SSSR count). The number of aryl methyl sites for hydroxylation is 1. The maximum atomic E-state index is 12.4. The third-order valence-corrected chi connectivity index (χ3v) is 4.47. The van der Waals surface area contributed by atoms with Gasteiger partial charge in [0.2, 0.25) is 6.79 Å². The lowest BCUT2D eigenvalue weighted by molar-refractivity contribution is 0.174. The minimum Gasteiger partial charge on any atom is -0.454 e. The van der Waals surface area contributed by atoms with Crippen LogP contribution in [-0.4, -0.2) is 32.6 Å². The quantitative estimate of drug-likeness (QED) is 0.557. The molecule has 0 spiro atoms. The Morgan fingerprint density at radius 3 is 2.69 bits per heavy atom. The van der Waals surface area contributed by atoms with E-state index in [0.717, 1.165) is 11.3 Å². The lowest BCUT2D eigenvalue weighted by Crippen LogP contribution is -2.19. The number of nitrogens with zero attached hydrogens (tertiary/aromatic N) is 4. The lowest BCUT2D eigenvalue weighted by Gasteiger charge is -2.09. The summed E-state index contributed by atoms with van der Waals surface area (Å²) in [7, 11) is 0. The van der Waals surface area contributed by atoms with Crippen molar-refractivity contribution in [2.45, 2.75) is 6.92 Å².